The van der Waals surface area contributed by atoms with Gasteiger partial charge in [-0.05, 0) is 48.5 Å². The van der Waals surface area contributed by atoms with Gasteiger partial charge in [0.2, 0.25) is 0 Å². The molecule has 3 aromatic carbocycles. The molecule has 0 saturated carbocycles. The first-order valence-corrected chi connectivity index (χ1v) is 10.3. The Hall–Kier alpha value is -2.38. The Morgan fingerprint density at radius 1 is 0.933 bits per heavy atom. The molecule has 0 atom stereocenters. The summed E-state index contributed by atoms with van der Waals surface area (Å²) in [6.07, 6.45) is 1.36. The molecule has 0 aliphatic carbocycles. The van der Waals surface area contributed by atoms with E-state index in [0.29, 0.717) is 16.1 Å². The number of hydrogen-bond donors (Lipinski definition) is 1. The fraction of sp³-hybridized carbons (Fsp3) is 0. The summed E-state index contributed by atoms with van der Waals surface area (Å²) >= 11 is 21.2. The van der Waals surface area contributed by atoms with E-state index < -0.39 is 11.9 Å². The van der Waals surface area contributed by atoms with Gasteiger partial charge in [0.1, 0.15) is 5.75 Å². The number of rotatable bonds is 5. The molecule has 0 bridgehead atoms. The highest BCUT2D eigenvalue weighted by Crippen LogP contribution is 2.25. The van der Waals surface area contributed by atoms with Gasteiger partial charge < -0.3 is 4.74 Å². The zero-order valence-electron chi connectivity index (χ0n) is 15.0. The maximum atomic E-state index is 12.4. The minimum absolute atomic E-state index is 0.234. The molecule has 152 valence electrons. The van der Waals surface area contributed by atoms with Crippen LogP contribution in [0.3, 0.4) is 0 Å². The molecule has 5 nitrogen and oxygen atoms in total. The summed E-state index contributed by atoms with van der Waals surface area (Å²) in [5, 5.41) is 4.81. The van der Waals surface area contributed by atoms with Gasteiger partial charge in [-0.2, -0.15) is 5.10 Å². The third-order valence-corrected chi connectivity index (χ3v) is 5.38. The van der Waals surface area contributed by atoms with Crippen LogP contribution in [0, 0.1) is 0 Å². The van der Waals surface area contributed by atoms with Gasteiger partial charge in [0.15, 0.2) is 0 Å². The van der Waals surface area contributed by atoms with Crippen LogP contribution in [0.4, 0.5) is 0 Å². The fourth-order valence-corrected chi connectivity index (χ4v) is 3.25. The molecule has 3 rings (SSSR count). The summed E-state index contributed by atoms with van der Waals surface area (Å²) in [5.74, 6) is -0.845. The van der Waals surface area contributed by atoms with Gasteiger partial charge in [-0.3, -0.25) is 4.79 Å². The zero-order chi connectivity index (χ0) is 21.7. The molecule has 0 heterocycles. The molecule has 9 heteroatoms. The lowest BCUT2D eigenvalue weighted by Gasteiger charge is -2.09. The van der Waals surface area contributed by atoms with Crippen molar-refractivity contribution in [1.29, 1.82) is 0 Å². The first-order valence-electron chi connectivity index (χ1n) is 8.40. The lowest BCUT2D eigenvalue weighted by atomic mass is 10.2. The number of halogens is 4. The number of ether oxygens (including phenoxy) is 1. The Balaban J connectivity index is 1.76. The number of nitrogens with one attached hydrogen (secondary N) is 1. The predicted octanol–water partition coefficient (Wildman–Crippen LogP) is 6.39. The van der Waals surface area contributed by atoms with Gasteiger partial charge in [-0.15, -0.1) is 0 Å². The molecule has 0 aliphatic rings. The summed E-state index contributed by atoms with van der Waals surface area (Å²) in [7, 11) is 0. The van der Waals surface area contributed by atoms with Crippen LogP contribution in [0.1, 0.15) is 26.3 Å². The van der Waals surface area contributed by atoms with Gasteiger partial charge in [0, 0.05) is 15.6 Å². The number of benzene rings is 3. The molecular formula is C21H12BrCl3N2O3. The molecule has 0 aromatic heterocycles. The van der Waals surface area contributed by atoms with E-state index in [1.54, 1.807) is 42.5 Å². The molecular weight excluding hydrogens is 515 g/mol. The van der Waals surface area contributed by atoms with Crippen molar-refractivity contribution in [2.75, 3.05) is 0 Å². The number of esters is 1. The number of nitrogens with zero attached hydrogens (tertiary/aromatic N) is 1. The molecule has 3 aromatic rings. The minimum atomic E-state index is -0.614. The molecule has 0 unspecified atom stereocenters. The van der Waals surface area contributed by atoms with Crippen molar-refractivity contribution in [2.45, 2.75) is 0 Å². The van der Waals surface area contributed by atoms with Crippen LogP contribution in [-0.4, -0.2) is 18.1 Å². The first-order chi connectivity index (χ1) is 14.3. The fourth-order valence-electron chi connectivity index (χ4n) is 2.36. The molecule has 30 heavy (non-hydrogen) atoms. The van der Waals surface area contributed by atoms with Gasteiger partial charge in [0.05, 0.1) is 26.8 Å². The monoisotopic (exact) mass is 524 g/mol. The van der Waals surface area contributed by atoms with E-state index in [1.807, 2.05) is 0 Å². The summed E-state index contributed by atoms with van der Waals surface area (Å²) in [5.41, 5.74) is 3.37. The highest BCUT2D eigenvalue weighted by molar-refractivity contribution is 9.10. The van der Waals surface area contributed by atoms with E-state index in [-0.39, 0.29) is 21.4 Å². The Labute approximate surface area is 195 Å². The normalized spacial score (nSPS) is 10.8. The maximum absolute atomic E-state index is 12.4. The highest BCUT2D eigenvalue weighted by Gasteiger charge is 2.14. The second-order valence-corrected chi connectivity index (χ2v) is 8.02. The lowest BCUT2D eigenvalue weighted by molar-refractivity contribution is 0.0734. The van der Waals surface area contributed by atoms with Gasteiger partial charge >= 0.3 is 5.97 Å². The van der Waals surface area contributed by atoms with Crippen LogP contribution in [0.15, 0.2) is 70.2 Å². The second kappa shape index (κ2) is 10.1. The topological polar surface area (TPSA) is 67.8 Å². The van der Waals surface area contributed by atoms with Crippen molar-refractivity contribution in [1.82, 2.24) is 5.43 Å². The largest absolute Gasteiger partial charge is 0.422 e. The molecule has 0 spiro atoms. The van der Waals surface area contributed by atoms with Crippen LogP contribution in [-0.2, 0) is 0 Å². The summed E-state index contributed by atoms with van der Waals surface area (Å²) < 4.78 is 6.19. The van der Waals surface area contributed by atoms with Crippen LogP contribution in [0.5, 0.6) is 5.75 Å². The second-order valence-electron chi connectivity index (χ2n) is 5.88. The van der Waals surface area contributed by atoms with E-state index in [1.165, 1.54) is 24.4 Å². The smallest absolute Gasteiger partial charge is 0.345 e. The number of hydrogen-bond acceptors (Lipinski definition) is 4. The van der Waals surface area contributed by atoms with Crippen LogP contribution in [0.25, 0.3) is 0 Å². The van der Waals surface area contributed by atoms with Crippen LogP contribution < -0.4 is 10.2 Å². The van der Waals surface area contributed by atoms with Crippen LogP contribution in [0.2, 0.25) is 15.1 Å². The Kier molecular flexibility index (Phi) is 7.50. The molecule has 1 N–H and O–H groups in total. The predicted molar refractivity (Wildman–Crippen MR) is 122 cm³/mol. The maximum Gasteiger partial charge on any atom is 0.345 e. The lowest BCUT2D eigenvalue weighted by Crippen LogP contribution is -2.17. The third-order valence-electron chi connectivity index (χ3n) is 3.82. The van der Waals surface area contributed by atoms with Crippen molar-refractivity contribution in [3.8, 4) is 5.75 Å². The SMILES string of the molecule is O=C(N/N=C\c1cc(Br)ccc1OC(=O)c1ccccc1Cl)c1ccc(Cl)c(Cl)c1. The first kappa shape index (κ1) is 22.3. The third kappa shape index (κ3) is 5.61. The molecule has 0 saturated heterocycles. The van der Waals surface area contributed by atoms with Crippen molar-refractivity contribution in [3.05, 3.63) is 96.9 Å². The standard InChI is InChI=1S/C21H12BrCl3N2O3/c22-14-6-8-19(30-21(29)15-3-1-2-4-16(15)23)13(9-14)11-26-27-20(28)12-5-7-17(24)18(25)10-12/h1-11H,(H,27,28)/b26-11-. The molecule has 0 fully saturated rings. The quantitative estimate of drug-likeness (QED) is 0.181. The summed E-state index contributed by atoms with van der Waals surface area (Å²) in [4.78, 5) is 24.7. The van der Waals surface area contributed by atoms with Crippen molar-refractivity contribution in [3.63, 3.8) is 0 Å². The van der Waals surface area contributed by atoms with Crippen molar-refractivity contribution in [2.24, 2.45) is 5.10 Å². The number of amides is 1. The number of carbonyl (C=O) groups excluding carboxylic acids is 2. The van der Waals surface area contributed by atoms with Gasteiger partial charge in [-0.25, -0.2) is 10.2 Å². The van der Waals surface area contributed by atoms with Crippen molar-refractivity contribution >= 4 is 68.8 Å². The van der Waals surface area contributed by atoms with E-state index in [0.717, 1.165) is 4.47 Å². The van der Waals surface area contributed by atoms with Gasteiger partial charge in [-0.1, -0.05) is 62.9 Å². The molecule has 1 amide bonds. The Morgan fingerprint density at radius 3 is 2.43 bits per heavy atom. The van der Waals surface area contributed by atoms with Crippen molar-refractivity contribution < 1.29 is 14.3 Å². The van der Waals surface area contributed by atoms with E-state index in [4.69, 9.17) is 39.5 Å². The Morgan fingerprint density at radius 2 is 1.70 bits per heavy atom. The minimum Gasteiger partial charge on any atom is -0.422 e. The molecule has 0 aliphatic heterocycles. The average molecular weight is 527 g/mol. The Bertz CT molecular complexity index is 1150. The van der Waals surface area contributed by atoms with E-state index in [2.05, 4.69) is 26.5 Å². The van der Waals surface area contributed by atoms with Gasteiger partial charge in [0.25, 0.3) is 5.91 Å². The zero-order valence-corrected chi connectivity index (χ0v) is 18.9. The van der Waals surface area contributed by atoms with E-state index >= 15 is 0 Å². The number of carbonyl (C=O) groups is 2. The molecule has 0 radical (unpaired) electrons. The van der Waals surface area contributed by atoms with E-state index in [9.17, 15) is 9.59 Å². The number of hydrazone groups is 1. The highest BCUT2D eigenvalue weighted by atomic mass is 79.9. The van der Waals surface area contributed by atoms with Crippen LogP contribution >= 0.6 is 50.7 Å². The summed E-state index contributed by atoms with van der Waals surface area (Å²) in [6, 6.07) is 16.0. The summed E-state index contributed by atoms with van der Waals surface area (Å²) in [6.45, 7) is 0. The average Bonchev–Trinajstić information content (AvgIpc) is 2.72.